The Labute approximate surface area is 344 Å². The predicted molar refractivity (Wildman–Crippen MR) is 219 cm³/mol. The number of unbranched alkanes of at least 4 members (excludes halogenated alkanes) is 10. The van der Waals surface area contributed by atoms with Gasteiger partial charge in [-0.25, -0.2) is 0 Å². The van der Waals surface area contributed by atoms with E-state index < -0.39 is 69.7 Å². The number of aliphatic hydroxyl groups is 2. The lowest BCUT2D eigenvalue weighted by atomic mass is 9.59. The molecule has 4 aliphatic rings. The zero-order valence-corrected chi connectivity index (χ0v) is 35.9. The summed E-state index contributed by atoms with van der Waals surface area (Å²) < 4.78 is 23.9. The zero-order chi connectivity index (χ0) is 42.5. The van der Waals surface area contributed by atoms with Crippen molar-refractivity contribution in [2.24, 2.45) is 29.1 Å². The van der Waals surface area contributed by atoms with Gasteiger partial charge in [0.25, 0.3) is 0 Å². The third-order valence-corrected chi connectivity index (χ3v) is 13.8. The van der Waals surface area contributed by atoms with E-state index in [1.807, 2.05) is 19.9 Å². The van der Waals surface area contributed by atoms with Gasteiger partial charge in [-0.1, -0.05) is 117 Å². The summed E-state index contributed by atoms with van der Waals surface area (Å²) in [5.74, 6) is -5.10. The number of carbonyl (C=O) groups excluding carboxylic acids is 4. The highest BCUT2D eigenvalue weighted by atomic mass is 16.6. The number of Topliss-reactive ketones (excluding diaryl/α,β-unsaturated/α-hetero) is 1. The number of phenols is 1. The topological polar surface area (TPSA) is 166 Å². The lowest BCUT2D eigenvalue weighted by Gasteiger charge is -2.53. The summed E-state index contributed by atoms with van der Waals surface area (Å²) in [5, 5.41) is 35.7. The standard InChI is InChI=1S/C47H68O11/c1-8-10-12-14-16-18-20-38(49)57-43-31(4)46(54)34(41-44(5,6)47(41,43)58-39(50)21-19-17-15-13-11-9-2)25-33(28-45(53)37(46)24-30(3)42(45)52)29-56-40(51)27-32-22-23-35(48)36(26-32)55-7/h22-26,31,34,37,41,43,48,53-54H,8-21,27-29H2,1-7H3. The summed E-state index contributed by atoms with van der Waals surface area (Å²) in [5.41, 5.74) is -4.67. The Morgan fingerprint density at radius 1 is 0.845 bits per heavy atom. The number of methoxy groups -OCH3 is 1. The number of phenolic OH excluding ortho intramolecular Hbond substituents is 1. The molecule has 1 aromatic rings. The molecule has 0 saturated heterocycles. The number of hydrogen-bond donors (Lipinski definition) is 3. The van der Waals surface area contributed by atoms with Crippen LogP contribution in [0.15, 0.2) is 41.5 Å². The van der Waals surface area contributed by atoms with Crippen LogP contribution in [-0.2, 0) is 39.8 Å². The highest BCUT2D eigenvalue weighted by molar-refractivity contribution is 6.05. The Morgan fingerprint density at radius 3 is 2.07 bits per heavy atom. The Bertz CT molecular complexity index is 1730. The molecule has 3 N–H and O–H groups in total. The van der Waals surface area contributed by atoms with Crippen LogP contribution in [0.5, 0.6) is 11.5 Å². The van der Waals surface area contributed by atoms with Crippen molar-refractivity contribution in [2.75, 3.05) is 13.7 Å². The maximum atomic E-state index is 13.9. The fourth-order valence-electron chi connectivity index (χ4n) is 10.6. The van der Waals surface area contributed by atoms with Crippen LogP contribution in [-0.4, -0.2) is 75.6 Å². The van der Waals surface area contributed by atoms with Gasteiger partial charge in [0.15, 0.2) is 22.9 Å². The number of carbonyl (C=O) groups is 4. The van der Waals surface area contributed by atoms with E-state index in [4.69, 9.17) is 18.9 Å². The summed E-state index contributed by atoms with van der Waals surface area (Å²) in [4.78, 5) is 54.6. The Balaban J connectivity index is 1.47. The highest BCUT2D eigenvalue weighted by Crippen LogP contribution is 2.77. The van der Waals surface area contributed by atoms with Gasteiger partial charge in [0, 0.05) is 48.3 Å². The molecule has 0 heterocycles. The lowest BCUT2D eigenvalue weighted by Crippen LogP contribution is -2.66. The third kappa shape index (κ3) is 8.77. The lowest BCUT2D eigenvalue weighted by molar-refractivity contribution is -0.229. The maximum Gasteiger partial charge on any atom is 0.310 e. The molecule has 0 radical (unpaired) electrons. The average molecular weight is 809 g/mol. The molecule has 0 aliphatic heterocycles. The van der Waals surface area contributed by atoms with Crippen LogP contribution < -0.4 is 4.74 Å². The van der Waals surface area contributed by atoms with Crippen molar-refractivity contribution >= 4 is 23.7 Å². The Kier molecular flexibility index (Phi) is 14.6. The number of fused-ring (bicyclic) bond motifs is 5. The van der Waals surface area contributed by atoms with E-state index in [1.54, 1.807) is 32.1 Å². The first-order valence-corrected chi connectivity index (χ1v) is 21.8. The second kappa shape index (κ2) is 18.7. The molecule has 0 aromatic heterocycles. The summed E-state index contributed by atoms with van der Waals surface area (Å²) in [6.45, 7) is 11.4. The minimum atomic E-state index is -2.06. The molecule has 11 heteroatoms. The number of rotatable bonds is 21. The molecule has 8 atom stereocenters. The number of benzene rings is 1. The maximum absolute atomic E-state index is 13.9. The van der Waals surface area contributed by atoms with Crippen molar-refractivity contribution in [3.63, 3.8) is 0 Å². The summed E-state index contributed by atoms with van der Waals surface area (Å²) in [6, 6.07) is 4.57. The SMILES string of the molecule is CCCCCCCCC(=O)OC1C(C)C2(O)C(C=C(COC(=O)Cc3ccc(O)c(OC)c3)CC3(O)C(=O)C(C)=CC32)C2C(C)(C)C12OC(=O)CCCCCCCC. The molecular formula is C47H68O11. The average Bonchev–Trinajstić information content (AvgIpc) is 3.61. The normalized spacial score (nSPS) is 30.5. The first-order chi connectivity index (χ1) is 27.5. The monoisotopic (exact) mass is 808 g/mol. The molecular weight excluding hydrogens is 741 g/mol. The smallest absolute Gasteiger partial charge is 0.310 e. The molecule has 8 unspecified atom stereocenters. The van der Waals surface area contributed by atoms with E-state index in [9.17, 15) is 34.5 Å². The van der Waals surface area contributed by atoms with E-state index in [2.05, 4.69) is 13.8 Å². The molecule has 322 valence electrons. The van der Waals surface area contributed by atoms with E-state index in [0.717, 1.165) is 64.2 Å². The van der Waals surface area contributed by atoms with E-state index in [0.29, 0.717) is 29.6 Å². The molecule has 1 aromatic carbocycles. The minimum Gasteiger partial charge on any atom is -0.504 e. The summed E-state index contributed by atoms with van der Waals surface area (Å²) >= 11 is 0. The molecule has 0 bridgehead atoms. The second-order valence-corrected chi connectivity index (χ2v) is 18.0. The molecule has 58 heavy (non-hydrogen) atoms. The van der Waals surface area contributed by atoms with E-state index >= 15 is 0 Å². The first-order valence-electron chi connectivity index (χ1n) is 21.8. The van der Waals surface area contributed by atoms with Crippen molar-refractivity contribution in [1.29, 1.82) is 0 Å². The number of ether oxygens (including phenoxy) is 4. The molecule has 5 rings (SSSR count). The van der Waals surface area contributed by atoms with Gasteiger partial charge in [0.2, 0.25) is 0 Å². The molecule has 11 nitrogen and oxygen atoms in total. The second-order valence-electron chi connectivity index (χ2n) is 18.0. The van der Waals surface area contributed by atoms with Crippen molar-refractivity contribution in [3.05, 3.63) is 47.1 Å². The van der Waals surface area contributed by atoms with E-state index in [-0.39, 0.29) is 49.8 Å². The van der Waals surface area contributed by atoms with Gasteiger partial charge in [-0.3, -0.25) is 19.2 Å². The number of esters is 3. The van der Waals surface area contributed by atoms with Crippen molar-refractivity contribution in [1.82, 2.24) is 0 Å². The Morgan fingerprint density at radius 2 is 1.45 bits per heavy atom. The van der Waals surface area contributed by atoms with Crippen LogP contribution in [0.2, 0.25) is 0 Å². The predicted octanol–water partition coefficient (Wildman–Crippen LogP) is 8.04. The molecule has 2 fully saturated rings. The van der Waals surface area contributed by atoms with Crippen LogP contribution >= 0.6 is 0 Å². The highest BCUT2D eigenvalue weighted by Gasteiger charge is 2.88. The fourth-order valence-corrected chi connectivity index (χ4v) is 10.6. The molecule has 2 saturated carbocycles. The van der Waals surface area contributed by atoms with Gasteiger partial charge >= 0.3 is 17.9 Å². The van der Waals surface area contributed by atoms with Gasteiger partial charge in [-0.05, 0) is 48.6 Å². The molecule has 0 amide bonds. The summed E-state index contributed by atoms with van der Waals surface area (Å²) in [6.07, 6.45) is 14.4. The van der Waals surface area contributed by atoms with Gasteiger partial charge < -0.3 is 34.3 Å². The van der Waals surface area contributed by atoms with Crippen LogP contribution in [0.1, 0.15) is 143 Å². The quantitative estimate of drug-likeness (QED) is 0.0476. The first kappa shape index (κ1) is 45.4. The third-order valence-electron chi connectivity index (χ3n) is 13.8. The van der Waals surface area contributed by atoms with Gasteiger partial charge in [0.1, 0.15) is 18.3 Å². The van der Waals surface area contributed by atoms with Crippen LogP contribution in [0.3, 0.4) is 0 Å². The van der Waals surface area contributed by atoms with Crippen LogP contribution in [0, 0.1) is 29.1 Å². The van der Waals surface area contributed by atoms with Crippen molar-refractivity contribution in [2.45, 2.75) is 167 Å². The van der Waals surface area contributed by atoms with Crippen LogP contribution in [0.4, 0.5) is 0 Å². The van der Waals surface area contributed by atoms with Crippen molar-refractivity contribution < 1.29 is 53.4 Å². The van der Waals surface area contributed by atoms with E-state index in [1.165, 1.54) is 13.2 Å². The molecule has 0 spiro atoms. The summed E-state index contributed by atoms with van der Waals surface area (Å²) in [7, 11) is 1.41. The number of hydrogen-bond acceptors (Lipinski definition) is 11. The van der Waals surface area contributed by atoms with Gasteiger partial charge in [0.05, 0.1) is 19.1 Å². The fraction of sp³-hybridized carbons (Fsp3) is 0.702. The zero-order valence-electron chi connectivity index (χ0n) is 35.9. The number of ketones is 1. The van der Waals surface area contributed by atoms with Crippen LogP contribution in [0.25, 0.3) is 0 Å². The van der Waals surface area contributed by atoms with Gasteiger partial charge in [-0.2, -0.15) is 0 Å². The molecule has 4 aliphatic carbocycles. The van der Waals surface area contributed by atoms with Gasteiger partial charge in [-0.15, -0.1) is 0 Å². The minimum absolute atomic E-state index is 0.0627. The van der Waals surface area contributed by atoms with Crippen molar-refractivity contribution in [3.8, 4) is 11.5 Å². The number of aromatic hydroxyl groups is 1. The Hall–Kier alpha value is -3.70. The largest absolute Gasteiger partial charge is 0.504 e.